The molecule has 6 nitrogen and oxygen atoms in total. The summed E-state index contributed by atoms with van der Waals surface area (Å²) in [6.45, 7) is 4.78. The van der Waals surface area contributed by atoms with Gasteiger partial charge in [0.05, 0.1) is 11.9 Å². The molecule has 2 heterocycles. The number of aryl methyl sites for hydroxylation is 2. The Balaban J connectivity index is 1.73. The van der Waals surface area contributed by atoms with Gasteiger partial charge in [-0.05, 0) is 62.9 Å². The van der Waals surface area contributed by atoms with Gasteiger partial charge in [0.25, 0.3) is 5.56 Å². The van der Waals surface area contributed by atoms with Crippen LogP contribution < -0.4 is 10.9 Å². The maximum atomic E-state index is 13.6. The summed E-state index contributed by atoms with van der Waals surface area (Å²) in [5, 5.41) is 3.71. The Hall–Kier alpha value is -2.51. The minimum atomic E-state index is -0.207. The summed E-state index contributed by atoms with van der Waals surface area (Å²) < 4.78 is 1.57. The molecule has 4 rings (SSSR count). The van der Waals surface area contributed by atoms with Gasteiger partial charge >= 0.3 is 0 Å². The van der Waals surface area contributed by atoms with Crippen LogP contribution in [0.2, 0.25) is 0 Å². The number of benzene rings is 1. The fourth-order valence-electron chi connectivity index (χ4n) is 4.32. The van der Waals surface area contributed by atoms with Crippen molar-refractivity contribution in [3.8, 4) is 0 Å². The number of carbonyl (C=O) groups is 1. The number of nitrogens with zero attached hydrogens (tertiary/aromatic N) is 3. The highest BCUT2D eigenvalue weighted by atomic mass is 32.1. The molecule has 0 spiro atoms. The van der Waals surface area contributed by atoms with Crippen molar-refractivity contribution in [2.45, 2.75) is 52.6 Å². The van der Waals surface area contributed by atoms with Gasteiger partial charge in [0.15, 0.2) is 0 Å². The van der Waals surface area contributed by atoms with E-state index >= 15 is 0 Å². The van der Waals surface area contributed by atoms with E-state index in [2.05, 4.69) is 19.2 Å². The first-order chi connectivity index (χ1) is 14.9. The molecule has 1 aliphatic rings. The molecule has 0 fully saturated rings. The van der Waals surface area contributed by atoms with Crippen LogP contribution in [0.3, 0.4) is 0 Å². The molecule has 1 N–H and O–H groups in total. The van der Waals surface area contributed by atoms with Crippen LogP contribution in [0.4, 0.5) is 5.69 Å². The smallest absolute Gasteiger partial charge is 0.263 e. The van der Waals surface area contributed by atoms with E-state index in [0.717, 1.165) is 52.7 Å². The van der Waals surface area contributed by atoms with Gasteiger partial charge in [0.2, 0.25) is 5.91 Å². The number of aromatic nitrogens is 2. The Morgan fingerprint density at radius 3 is 2.84 bits per heavy atom. The van der Waals surface area contributed by atoms with Crippen molar-refractivity contribution in [3.63, 3.8) is 0 Å². The first kappa shape index (κ1) is 21.7. The van der Waals surface area contributed by atoms with Crippen LogP contribution in [0, 0.1) is 5.92 Å². The molecule has 0 bridgehead atoms. The van der Waals surface area contributed by atoms with Gasteiger partial charge in [0.1, 0.15) is 17.2 Å². The maximum absolute atomic E-state index is 13.6. The summed E-state index contributed by atoms with van der Waals surface area (Å²) >= 11 is 1.65. The average molecular weight is 439 g/mol. The molecule has 0 saturated carbocycles. The SMILES string of the molecule is CCc1ccccc1NC(=O)Cn1c(CN(C)C)nc2sc3c(c2c1=O)CCC(C)C3. The van der Waals surface area contributed by atoms with Crippen LogP contribution in [-0.2, 0) is 37.1 Å². The largest absolute Gasteiger partial charge is 0.324 e. The quantitative estimate of drug-likeness (QED) is 0.635. The Bertz CT molecular complexity index is 1180. The fraction of sp³-hybridized carbons (Fsp3) is 0.458. The molecule has 164 valence electrons. The van der Waals surface area contributed by atoms with Gasteiger partial charge in [-0.2, -0.15) is 0 Å². The lowest BCUT2D eigenvalue weighted by molar-refractivity contribution is -0.116. The van der Waals surface area contributed by atoms with Crippen LogP contribution >= 0.6 is 11.3 Å². The molecular formula is C24H30N4O2S. The number of anilines is 1. The number of nitrogens with one attached hydrogen (secondary N) is 1. The van der Waals surface area contributed by atoms with E-state index in [1.165, 1.54) is 4.88 Å². The number of fused-ring (bicyclic) bond motifs is 3. The molecule has 3 aromatic rings. The zero-order valence-corrected chi connectivity index (χ0v) is 19.5. The second-order valence-electron chi connectivity index (χ2n) is 8.75. The molecule has 1 aromatic carbocycles. The minimum Gasteiger partial charge on any atom is -0.324 e. The third-order valence-corrected chi connectivity index (χ3v) is 7.07. The normalized spacial score (nSPS) is 16.0. The molecule has 1 amide bonds. The molecule has 0 aliphatic heterocycles. The van der Waals surface area contributed by atoms with Gasteiger partial charge in [0, 0.05) is 10.6 Å². The molecule has 1 aliphatic carbocycles. The lowest BCUT2D eigenvalue weighted by Crippen LogP contribution is -2.33. The highest BCUT2D eigenvalue weighted by molar-refractivity contribution is 7.18. The van der Waals surface area contributed by atoms with Gasteiger partial charge in [-0.15, -0.1) is 11.3 Å². The molecule has 0 saturated heterocycles. The van der Waals surface area contributed by atoms with Crippen molar-refractivity contribution in [1.29, 1.82) is 0 Å². The minimum absolute atomic E-state index is 0.0377. The highest BCUT2D eigenvalue weighted by Gasteiger charge is 2.25. The van der Waals surface area contributed by atoms with Crippen LogP contribution in [0.15, 0.2) is 29.1 Å². The second-order valence-corrected chi connectivity index (χ2v) is 9.83. The Kier molecular flexibility index (Phi) is 6.25. The van der Waals surface area contributed by atoms with Gasteiger partial charge in [-0.25, -0.2) is 4.98 Å². The van der Waals surface area contributed by atoms with Crippen LogP contribution in [0.25, 0.3) is 10.2 Å². The Morgan fingerprint density at radius 2 is 2.10 bits per heavy atom. The molecule has 0 radical (unpaired) electrons. The van der Waals surface area contributed by atoms with Crippen molar-refractivity contribution in [3.05, 3.63) is 56.4 Å². The summed E-state index contributed by atoms with van der Waals surface area (Å²) in [4.78, 5) is 35.5. The zero-order valence-electron chi connectivity index (χ0n) is 18.7. The predicted octanol–water partition coefficient (Wildman–Crippen LogP) is 3.85. The topological polar surface area (TPSA) is 67.2 Å². The molecule has 2 aromatic heterocycles. The monoisotopic (exact) mass is 438 g/mol. The van der Waals surface area contributed by atoms with Crippen LogP contribution in [-0.4, -0.2) is 34.5 Å². The second kappa shape index (κ2) is 8.93. The number of thiophene rings is 1. The number of amides is 1. The summed E-state index contributed by atoms with van der Waals surface area (Å²) in [5.74, 6) is 1.06. The van der Waals surface area contributed by atoms with Crippen molar-refractivity contribution >= 4 is 33.1 Å². The van der Waals surface area contributed by atoms with Crippen LogP contribution in [0.5, 0.6) is 0 Å². The average Bonchev–Trinajstić information content (AvgIpc) is 3.08. The summed E-state index contributed by atoms with van der Waals surface area (Å²) in [5.41, 5.74) is 2.93. The first-order valence-corrected chi connectivity index (χ1v) is 11.8. The molecule has 1 atom stereocenters. The number of hydrogen-bond acceptors (Lipinski definition) is 5. The van der Waals surface area contributed by atoms with Gasteiger partial charge < -0.3 is 10.2 Å². The third kappa shape index (κ3) is 4.43. The molecule has 31 heavy (non-hydrogen) atoms. The molecule has 7 heteroatoms. The summed E-state index contributed by atoms with van der Waals surface area (Å²) in [6, 6.07) is 7.78. The number of carbonyl (C=O) groups excluding carboxylic acids is 1. The van der Waals surface area contributed by atoms with Crippen molar-refractivity contribution in [1.82, 2.24) is 14.5 Å². The predicted molar refractivity (Wildman–Crippen MR) is 127 cm³/mol. The van der Waals surface area contributed by atoms with E-state index in [-0.39, 0.29) is 18.0 Å². The van der Waals surface area contributed by atoms with E-state index in [1.807, 2.05) is 43.3 Å². The fourth-order valence-corrected chi connectivity index (χ4v) is 5.71. The van der Waals surface area contributed by atoms with Crippen molar-refractivity contribution in [2.75, 3.05) is 19.4 Å². The van der Waals surface area contributed by atoms with Crippen molar-refractivity contribution in [2.24, 2.45) is 5.92 Å². The Labute approximate surface area is 186 Å². The third-order valence-electron chi connectivity index (χ3n) is 5.93. The van der Waals surface area contributed by atoms with E-state index in [1.54, 1.807) is 15.9 Å². The van der Waals surface area contributed by atoms with Crippen LogP contribution in [0.1, 0.15) is 42.1 Å². The summed E-state index contributed by atoms with van der Waals surface area (Å²) in [6.07, 6.45) is 3.84. The number of hydrogen-bond donors (Lipinski definition) is 1. The van der Waals surface area contributed by atoms with E-state index in [0.29, 0.717) is 18.3 Å². The molecule has 1 unspecified atom stereocenters. The first-order valence-electron chi connectivity index (χ1n) is 10.9. The lowest BCUT2D eigenvalue weighted by atomic mass is 9.89. The maximum Gasteiger partial charge on any atom is 0.263 e. The highest BCUT2D eigenvalue weighted by Crippen LogP contribution is 2.35. The van der Waals surface area contributed by atoms with Gasteiger partial charge in [-0.1, -0.05) is 32.0 Å². The van der Waals surface area contributed by atoms with E-state index in [4.69, 9.17) is 4.98 Å². The Morgan fingerprint density at radius 1 is 1.32 bits per heavy atom. The van der Waals surface area contributed by atoms with Crippen molar-refractivity contribution < 1.29 is 4.79 Å². The lowest BCUT2D eigenvalue weighted by Gasteiger charge is -2.18. The van der Waals surface area contributed by atoms with E-state index in [9.17, 15) is 9.59 Å². The van der Waals surface area contributed by atoms with E-state index < -0.39 is 0 Å². The molecular weight excluding hydrogens is 408 g/mol. The standard InChI is InChI=1S/C24H30N4O2S/c1-5-16-8-6-7-9-18(16)25-21(29)14-28-20(13-27(3)4)26-23-22(24(28)30)17-11-10-15(2)12-19(17)31-23/h6-9,15H,5,10-14H2,1-4H3,(H,25,29). The summed E-state index contributed by atoms with van der Waals surface area (Å²) in [7, 11) is 3.89. The zero-order chi connectivity index (χ0) is 22.1. The van der Waals surface area contributed by atoms with Gasteiger partial charge in [-0.3, -0.25) is 14.2 Å². The number of rotatable bonds is 6. The number of para-hydroxylation sites is 1.